The third-order valence-corrected chi connectivity index (χ3v) is 1.51. The van der Waals surface area contributed by atoms with Gasteiger partial charge in [-0.15, -0.1) is 0 Å². The summed E-state index contributed by atoms with van der Waals surface area (Å²) in [6.07, 6.45) is -8.56. The lowest BCUT2D eigenvalue weighted by Gasteiger charge is -1.99. The summed E-state index contributed by atoms with van der Waals surface area (Å²) in [5.74, 6) is 0. The minimum Gasteiger partial charge on any atom is -0.166 e. The first-order valence-corrected chi connectivity index (χ1v) is 4.30. The molecule has 84 valence electrons. The Kier molecular flexibility index (Phi) is 6.81. The SMILES string of the molecule is C=C(Br)C(F)(F)F.C=C(Br)C(F)(F)F. The summed E-state index contributed by atoms with van der Waals surface area (Å²) < 4.78 is 64.3. The molecule has 0 aromatic rings. The van der Waals surface area contributed by atoms with Crippen molar-refractivity contribution in [2.24, 2.45) is 0 Å². The zero-order valence-corrected chi connectivity index (χ0v) is 9.61. The quantitative estimate of drug-likeness (QED) is 0.545. The lowest BCUT2D eigenvalue weighted by Crippen LogP contribution is -2.04. The van der Waals surface area contributed by atoms with Gasteiger partial charge in [0.15, 0.2) is 0 Å². The van der Waals surface area contributed by atoms with Crippen LogP contribution in [0.25, 0.3) is 0 Å². The van der Waals surface area contributed by atoms with Crippen LogP contribution >= 0.6 is 31.9 Å². The van der Waals surface area contributed by atoms with E-state index < -0.39 is 21.3 Å². The van der Waals surface area contributed by atoms with Crippen molar-refractivity contribution in [3.8, 4) is 0 Å². The van der Waals surface area contributed by atoms with Crippen molar-refractivity contribution in [1.82, 2.24) is 0 Å². The van der Waals surface area contributed by atoms with E-state index in [9.17, 15) is 26.3 Å². The maximum atomic E-state index is 11.0. The fourth-order valence-corrected chi connectivity index (χ4v) is 0. The first-order valence-electron chi connectivity index (χ1n) is 2.72. The van der Waals surface area contributed by atoms with E-state index in [0.29, 0.717) is 0 Å². The molecule has 0 amide bonds. The summed E-state index contributed by atoms with van der Waals surface area (Å²) in [7, 11) is 0. The highest BCUT2D eigenvalue weighted by atomic mass is 79.9. The highest BCUT2D eigenvalue weighted by Crippen LogP contribution is 2.28. The van der Waals surface area contributed by atoms with E-state index in [-0.39, 0.29) is 0 Å². The Morgan fingerprint density at radius 3 is 0.786 bits per heavy atom. The predicted molar refractivity (Wildman–Crippen MR) is 48.2 cm³/mol. The number of allylic oxidation sites excluding steroid dienone is 2. The lowest BCUT2D eigenvalue weighted by molar-refractivity contribution is -0.0834. The Labute approximate surface area is 92.9 Å². The maximum absolute atomic E-state index is 11.0. The van der Waals surface area contributed by atoms with Gasteiger partial charge in [-0.2, -0.15) is 26.3 Å². The molecule has 0 rings (SSSR count). The van der Waals surface area contributed by atoms with Crippen LogP contribution in [0.1, 0.15) is 0 Å². The van der Waals surface area contributed by atoms with Gasteiger partial charge in [0.2, 0.25) is 0 Å². The number of hydrogen-bond donors (Lipinski definition) is 0. The zero-order valence-electron chi connectivity index (χ0n) is 6.44. The van der Waals surface area contributed by atoms with Gasteiger partial charge in [0, 0.05) is 0 Å². The smallest absolute Gasteiger partial charge is 0.166 e. The van der Waals surface area contributed by atoms with Crippen LogP contribution in [0.5, 0.6) is 0 Å². The number of alkyl halides is 6. The third-order valence-electron chi connectivity index (χ3n) is 0.615. The van der Waals surface area contributed by atoms with Crippen molar-refractivity contribution in [3.63, 3.8) is 0 Å². The summed E-state index contributed by atoms with van der Waals surface area (Å²) in [4.78, 5) is 0. The highest BCUT2D eigenvalue weighted by molar-refractivity contribution is 9.12. The summed E-state index contributed by atoms with van der Waals surface area (Å²) in [6, 6.07) is 0. The molecule has 0 unspecified atom stereocenters. The first kappa shape index (κ1) is 16.4. The molecular formula is C6H4Br2F6. The third kappa shape index (κ3) is 10.1. The molecular weight excluding hydrogens is 346 g/mol. The van der Waals surface area contributed by atoms with E-state index in [1.165, 1.54) is 0 Å². The van der Waals surface area contributed by atoms with Crippen molar-refractivity contribution in [3.05, 3.63) is 22.1 Å². The first-order chi connectivity index (χ1) is 5.89. The van der Waals surface area contributed by atoms with Crippen molar-refractivity contribution in [2.45, 2.75) is 12.4 Å². The van der Waals surface area contributed by atoms with Crippen molar-refractivity contribution in [1.29, 1.82) is 0 Å². The van der Waals surface area contributed by atoms with Gasteiger partial charge >= 0.3 is 12.4 Å². The van der Waals surface area contributed by atoms with Gasteiger partial charge in [-0.05, 0) is 31.9 Å². The van der Waals surface area contributed by atoms with E-state index in [1.807, 2.05) is 0 Å². The lowest BCUT2D eigenvalue weighted by atomic mass is 10.6. The largest absolute Gasteiger partial charge is 0.422 e. The molecule has 0 saturated carbocycles. The summed E-state index contributed by atoms with van der Waals surface area (Å²) in [5, 5.41) is 0. The second kappa shape index (κ2) is 5.79. The van der Waals surface area contributed by atoms with Crippen LogP contribution in [0.4, 0.5) is 26.3 Å². The molecule has 0 N–H and O–H groups in total. The molecule has 14 heavy (non-hydrogen) atoms. The molecule has 0 saturated heterocycles. The minimum atomic E-state index is -4.28. The predicted octanol–water partition coefficient (Wildman–Crippen LogP) is 4.91. The summed E-state index contributed by atoms with van der Waals surface area (Å²) >= 11 is 4.35. The fourth-order valence-electron chi connectivity index (χ4n) is 0. The number of halogens is 8. The number of rotatable bonds is 0. The van der Waals surface area contributed by atoms with Gasteiger partial charge in [-0.1, -0.05) is 13.2 Å². The molecule has 0 atom stereocenters. The second-order valence-corrected chi connectivity index (χ2v) is 3.72. The average Bonchev–Trinajstić information content (AvgIpc) is 1.83. The van der Waals surface area contributed by atoms with Gasteiger partial charge in [-0.3, -0.25) is 0 Å². The molecule has 0 radical (unpaired) electrons. The van der Waals surface area contributed by atoms with E-state index in [2.05, 4.69) is 45.0 Å². The van der Waals surface area contributed by atoms with Gasteiger partial charge in [0.05, 0.1) is 8.96 Å². The summed E-state index contributed by atoms with van der Waals surface area (Å²) in [6.45, 7) is 5.24. The molecule has 0 aliphatic heterocycles. The van der Waals surface area contributed by atoms with Gasteiger partial charge in [0.1, 0.15) is 0 Å². The zero-order chi connectivity index (χ0) is 12.2. The van der Waals surface area contributed by atoms with Gasteiger partial charge in [-0.25, -0.2) is 0 Å². The minimum absolute atomic E-state index is 0.944. The second-order valence-electron chi connectivity index (χ2n) is 1.81. The Balaban J connectivity index is 0. The van der Waals surface area contributed by atoms with E-state index in [4.69, 9.17) is 0 Å². The average molecular weight is 350 g/mol. The molecule has 0 aliphatic rings. The molecule has 0 fully saturated rings. The molecule has 0 heterocycles. The summed E-state index contributed by atoms with van der Waals surface area (Å²) in [5.41, 5.74) is 0. The Hall–Kier alpha value is 0.0200. The van der Waals surface area contributed by atoms with E-state index in [1.54, 1.807) is 0 Å². The molecule has 8 heteroatoms. The highest BCUT2D eigenvalue weighted by Gasteiger charge is 2.30. The van der Waals surface area contributed by atoms with Crippen LogP contribution in [-0.2, 0) is 0 Å². The van der Waals surface area contributed by atoms with Crippen molar-refractivity contribution in [2.75, 3.05) is 0 Å². The van der Waals surface area contributed by atoms with Crippen molar-refractivity contribution >= 4 is 31.9 Å². The topological polar surface area (TPSA) is 0 Å². The normalized spacial score (nSPS) is 11.4. The molecule has 0 nitrogen and oxygen atoms in total. The monoisotopic (exact) mass is 348 g/mol. The Bertz CT molecular complexity index is 189. The molecule has 0 aromatic carbocycles. The Morgan fingerprint density at radius 2 is 0.786 bits per heavy atom. The standard InChI is InChI=1S/2C3H2BrF3/c2*1-2(4)3(5,6)7/h2*1H2. The van der Waals surface area contributed by atoms with Crippen LogP contribution < -0.4 is 0 Å². The van der Waals surface area contributed by atoms with Gasteiger partial charge < -0.3 is 0 Å². The molecule has 0 bridgehead atoms. The van der Waals surface area contributed by atoms with Crippen LogP contribution in [0.15, 0.2) is 22.1 Å². The molecule has 0 aromatic heterocycles. The van der Waals surface area contributed by atoms with E-state index >= 15 is 0 Å². The van der Waals surface area contributed by atoms with Crippen LogP contribution in [0, 0.1) is 0 Å². The Morgan fingerprint density at radius 1 is 0.714 bits per heavy atom. The molecule has 0 spiro atoms. The van der Waals surface area contributed by atoms with E-state index in [0.717, 1.165) is 0 Å². The van der Waals surface area contributed by atoms with Crippen LogP contribution in [0.2, 0.25) is 0 Å². The fraction of sp³-hybridized carbons (Fsp3) is 0.333. The maximum Gasteiger partial charge on any atom is 0.422 e. The van der Waals surface area contributed by atoms with Gasteiger partial charge in [0.25, 0.3) is 0 Å². The number of hydrogen-bond acceptors (Lipinski definition) is 0. The molecule has 0 aliphatic carbocycles. The van der Waals surface area contributed by atoms with Crippen LogP contribution in [-0.4, -0.2) is 12.4 Å². The van der Waals surface area contributed by atoms with Crippen molar-refractivity contribution < 1.29 is 26.3 Å². The van der Waals surface area contributed by atoms with Crippen LogP contribution in [0.3, 0.4) is 0 Å².